The molecule has 0 aliphatic heterocycles. The molecule has 0 N–H and O–H groups in total. The van der Waals surface area contributed by atoms with Gasteiger partial charge < -0.3 is 4.74 Å². The van der Waals surface area contributed by atoms with Crippen molar-refractivity contribution in [2.24, 2.45) is 0 Å². The molecule has 1 atom stereocenters. The maximum absolute atomic E-state index is 12.7. The molecule has 1 aliphatic rings. The number of benzene rings is 2. The molecule has 1 aliphatic carbocycles. The van der Waals surface area contributed by atoms with E-state index in [0.29, 0.717) is 11.5 Å². The van der Waals surface area contributed by atoms with E-state index in [0.717, 1.165) is 46.7 Å². The van der Waals surface area contributed by atoms with Crippen LogP contribution in [0.4, 0.5) is 0 Å². The fourth-order valence-corrected chi connectivity index (χ4v) is 5.14. The predicted octanol–water partition coefficient (Wildman–Crippen LogP) is 7.56. The number of methoxy groups -OCH3 is 1. The minimum absolute atomic E-state index is 0.105. The molecule has 0 bridgehead atoms. The number of carbonyl (C=O) groups is 2. The molecule has 30 heavy (non-hydrogen) atoms. The van der Waals surface area contributed by atoms with Crippen molar-refractivity contribution in [2.45, 2.75) is 90.4 Å². The first-order valence-electron chi connectivity index (χ1n) is 11.7. The molecular formula is C27H36O3. The topological polar surface area (TPSA) is 43.4 Å². The molecule has 0 radical (unpaired) electrons. The predicted molar refractivity (Wildman–Crippen MR) is 124 cm³/mol. The summed E-state index contributed by atoms with van der Waals surface area (Å²) < 4.78 is 5.17. The standard InChI is InChI=1S/C27H36O3/c1-5-18(2)25-21(19(3)28)14-15-23-22(25)16-17-24(27(29)30-4)26(23)20-12-10-8-6-7-9-11-13-20/h14-18,20H,5-13H2,1-4H3. The smallest absolute Gasteiger partial charge is 0.338 e. The Kier molecular flexibility index (Phi) is 7.69. The van der Waals surface area contributed by atoms with Crippen LogP contribution >= 0.6 is 0 Å². The molecule has 3 nitrogen and oxygen atoms in total. The monoisotopic (exact) mass is 408 g/mol. The molecule has 0 saturated heterocycles. The quantitative estimate of drug-likeness (QED) is 0.379. The Labute approximate surface area is 181 Å². The van der Waals surface area contributed by atoms with Gasteiger partial charge in [-0.05, 0) is 66.0 Å². The Hall–Kier alpha value is -2.16. The first kappa shape index (κ1) is 22.5. The van der Waals surface area contributed by atoms with Crippen LogP contribution < -0.4 is 0 Å². The summed E-state index contributed by atoms with van der Waals surface area (Å²) in [6.07, 6.45) is 10.7. The van der Waals surface area contributed by atoms with Crippen molar-refractivity contribution in [3.8, 4) is 0 Å². The minimum atomic E-state index is -0.257. The van der Waals surface area contributed by atoms with Gasteiger partial charge >= 0.3 is 5.97 Å². The molecule has 2 aromatic carbocycles. The van der Waals surface area contributed by atoms with Gasteiger partial charge in [0, 0.05) is 5.56 Å². The third-order valence-corrected chi connectivity index (χ3v) is 6.94. The van der Waals surface area contributed by atoms with Gasteiger partial charge in [0.25, 0.3) is 0 Å². The van der Waals surface area contributed by atoms with Crippen molar-refractivity contribution >= 4 is 22.5 Å². The van der Waals surface area contributed by atoms with Crippen molar-refractivity contribution in [1.29, 1.82) is 0 Å². The highest BCUT2D eigenvalue weighted by Crippen LogP contribution is 2.40. The molecule has 0 amide bonds. The van der Waals surface area contributed by atoms with Gasteiger partial charge in [0.15, 0.2) is 5.78 Å². The molecule has 2 aromatic rings. The number of Topliss-reactive ketones (excluding diaryl/α,β-unsaturated/α-hetero) is 1. The summed E-state index contributed by atoms with van der Waals surface area (Å²) in [5.74, 6) is 0.486. The van der Waals surface area contributed by atoms with Gasteiger partial charge in [-0.15, -0.1) is 0 Å². The first-order chi connectivity index (χ1) is 14.5. The Balaban J connectivity index is 2.28. The number of fused-ring (bicyclic) bond motifs is 1. The van der Waals surface area contributed by atoms with Crippen LogP contribution in [0.3, 0.4) is 0 Å². The summed E-state index contributed by atoms with van der Waals surface area (Å²) in [6.45, 7) is 6.00. The highest BCUT2D eigenvalue weighted by atomic mass is 16.5. The van der Waals surface area contributed by atoms with E-state index in [9.17, 15) is 9.59 Å². The number of ketones is 1. The van der Waals surface area contributed by atoms with Crippen molar-refractivity contribution in [2.75, 3.05) is 7.11 Å². The number of hydrogen-bond acceptors (Lipinski definition) is 3. The van der Waals surface area contributed by atoms with Crippen LogP contribution in [-0.4, -0.2) is 18.9 Å². The largest absolute Gasteiger partial charge is 0.465 e. The van der Waals surface area contributed by atoms with Gasteiger partial charge in [0.2, 0.25) is 0 Å². The number of rotatable bonds is 5. The highest BCUT2D eigenvalue weighted by molar-refractivity contribution is 6.05. The summed E-state index contributed by atoms with van der Waals surface area (Å²) >= 11 is 0. The molecule has 1 fully saturated rings. The second-order valence-electron chi connectivity index (χ2n) is 8.90. The van der Waals surface area contributed by atoms with Crippen molar-refractivity contribution in [1.82, 2.24) is 0 Å². The zero-order valence-corrected chi connectivity index (χ0v) is 19.1. The van der Waals surface area contributed by atoms with E-state index in [4.69, 9.17) is 4.74 Å². The first-order valence-corrected chi connectivity index (χ1v) is 11.7. The molecule has 162 valence electrons. The number of ether oxygens (including phenoxy) is 1. The van der Waals surface area contributed by atoms with Crippen LogP contribution in [-0.2, 0) is 4.74 Å². The molecule has 0 heterocycles. The van der Waals surface area contributed by atoms with Gasteiger partial charge in [-0.2, -0.15) is 0 Å². The van der Waals surface area contributed by atoms with E-state index in [1.54, 1.807) is 6.92 Å². The maximum Gasteiger partial charge on any atom is 0.338 e. The lowest BCUT2D eigenvalue weighted by Crippen LogP contribution is -2.12. The minimum Gasteiger partial charge on any atom is -0.465 e. The van der Waals surface area contributed by atoms with Crippen molar-refractivity contribution in [3.63, 3.8) is 0 Å². The fourth-order valence-electron chi connectivity index (χ4n) is 5.14. The van der Waals surface area contributed by atoms with Crippen LogP contribution in [0.2, 0.25) is 0 Å². The number of hydrogen-bond donors (Lipinski definition) is 0. The average Bonchev–Trinajstić information content (AvgIpc) is 2.90. The summed E-state index contributed by atoms with van der Waals surface area (Å²) in [6, 6.07) is 8.03. The normalized spacial score (nSPS) is 17.1. The lowest BCUT2D eigenvalue weighted by atomic mass is 9.80. The maximum atomic E-state index is 12.7. The summed E-state index contributed by atoms with van der Waals surface area (Å²) in [7, 11) is 1.46. The van der Waals surface area contributed by atoms with E-state index in [1.807, 2.05) is 18.2 Å². The van der Waals surface area contributed by atoms with Crippen molar-refractivity contribution < 1.29 is 14.3 Å². The molecular weight excluding hydrogens is 372 g/mol. The van der Waals surface area contributed by atoms with E-state index in [1.165, 1.54) is 45.6 Å². The van der Waals surface area contributed by atoms with E-state index < -0.39 is 0 Å². The molecule has 1 saturated carbocycles. The lowest BCUT2D eigenvalue weighted by molar-refractivity contribution is 0.0598. The SMILES string of the molecule is CCC(C)c1c(C(C)=O)ccc2c(C3CCCCCCCC3)c(C(=O)OC)ccc12. The Bertz CT molecular complexity index is 902. The van der Waals surface area contributed by atoms with Gasteiger partial charge in [-0.3, -0.25) is 4.79 Å². The third-order valence-electron chi connectivity index (χ3n) is 6.94. The lowest BCUT2D eigenvalue weighted by Gasteiger charge is -2.24. The third kappa shape index (κ3) is 4.61. The number of carbonyl (C=O) groups excluding carboxylic acids is 2. The Morgan fingerprint density at radius 3 is 2.07 bits per heavy atom. The fraction of sp³-hybridized carbons (Fsp3) is 0.556. The Morgan fingerprint density at radius 2 is 1.50 bits per heavy atom. The van der Waals surface area contributed by atoms with Crippen LogP contribution in [0.15, 0.2) is 24.3 Å². The van der Waals surface area contributed by atoms with E-state index >= 15 is 0 Å². The average molecular weight is 409 g/mol. The van der Waals surface area contributed by atoms with E-state index in [2.05, 4.69) is 19.9 Å². The summed E-state index contributed by atoms with van der Waals surface area (Å²) in [4.78, 5) is 25.1. The zero-order valence-electron chi connectivity index (χ0n) is 19.1. The Morgan fingerprint density at radius 1 is 0.933 bits per heavy atom. The van der Waals surface area contributed by atoms with Crippen LogP contribution in [0.25, 0.3) is 10.8 Å². The molecule has 0 spiro atoms. The second-order valence-corrected chi connectivity index (χ2v) is 8.90. The van der Waals surface area contributed by atoms with E-state index in [-0.39, 0.29) is 17.7 Å². The molecule has 1 unspecified atom stereocenters. The molecule has 3 heteroatoms. The summed E-state index contributed by atoms with van der Waals surface area (Å²) in [5, 5.41) is 2.25. The number of esters is 1. The second kappa shape index (κ2) is 10.2. The van der Waals surface area contributed by atoms with Crippen LogP contribution in [0, 0.1) is 0 Å². The van der Waals surface area contributed by atoms with Gasteiger partial charge in [0.1, 0.15) is 0 Å². The summed E-state index contributed by atoms with van der Waals surface area (Å²) in [5.41, 5.74) is 3.77. The van der Waals surface area contributed by atoms with Crippen LogP contribution in [0.5, 0.6) is 0 Å². The van der Waals surface area contributed by atoms with Crippen molar-refractivity contribution in [3.05, 3.63) is 46.5 Å². The van der Waals surface area contributed by atoms with Gasteiger partial charge in [0.05, 0.1) is 12.7 Å². The molecule has 0 aromatic heterocycles. The molecule has 3 rings (SSSR count). The van der Waals surface area contributed by atoms with Gasteiger partial charge in [-0.25, -0.2) is 4.79 Å². The van der Waals surface area contributed by atoms with Gasteiger partial charge in [-0.1, -0.05) is 70.6 Å². The zero-order chi connectivity index (χ0) is 21.7. The highest BCUT2D eigenvalue weighted by Gasteiger charge is 2.25. The van der Waals surface area contributed by atoms with Crippen LogP contribution in [0.1, 0.15) is 122 Å².